The van der Waals surface area contributed by atoms with Crippen LogP contribution in [0.5, 0.6) is 0 Å². The highest BCUT2D eigenvalue weighted by Crippen LogP contribution is 2.29. The van der Waals surface area contributed by atoms with Crippen molar-refractivity contribution in [2.24, 2.45) is 11.1 Å². The third-order valence-electron chi connectivity index (χ3n) is 4.12. The molecule has 0 aromatic heterocycles. The number of rotatable bonds is 6. The van der Waals surface area contributed by atoms with E-state index in [1.807, 2.05) is 32.9 Å². The van der Waals surface area contributed by atoms with E-state index in [9.17, 15) is 9.59 Å². The molecular weight excluding hydrogens is 302 g/mol. The summed E-state index contributed by atoms with van der Waals surface area (Å²) in [5.41, 5.74) is 7.49. The van der Waals surface area contributed by atoms with Crippen molar-refractivity contribution in [2.75, 3.05) is 17.2 Å². The number of nitrogens with one attached hydrogen (secondary N) is 2. The van der Waals surface area contributed by atoms with Crippen molar-refractivity contribution in [3.63, 3.8) is 0 Å². The van der Waals surface area contributed by atoms with Gasteiger partial charge in [0.1, 0.15) is 0 Å². The van der Waals surface area contributed by atoms with Crippen molar-refractivity contribution in [3.05, 3.63) is 23.8 Å². The van der Waals surface area contributed by atoms with E-state index >= 15 is 0 Å². The van der Waals surface area contributed by atoms with Gasteiger partial charge in [-0.25, -0.2) is 0 Å². The number of hydrogen-bond donors (Lipinski definition) is 3. The Kier molecular flexibility index (Phi) is 8.12. The number of benzene rings is 1. The Morgan fingerprint density at radius 3 is 2.05 bits per heavy atom. The van der Waals surface area contributed by atoms with Crippen LogP contribution in [0, 0.1) is 12.3 Å². The van der Waals surface area contributed by atoms with Gasteiger partial charge >= 0.3 is 0 Å². The smallest absolute Gasteiger partial charge is 0.231 e. The first-order valence-electron chi connectivity index (χ1n) is 7.29. The molecule has 2 amide bonds. The lowest BCUT2D eigenvalue weighted by Gasteiger charge is -2.29. The molecule has 1 aromatic carbocycles. The second-order valence-corrected chi connectivity index (χ2v) is 5.31. The number of carbonyl (C=O) groups is 2. The molecule has 0 unspecified atom stereocenters. The van der Waals surface area contributed by atoms with Crippen LogP contribution in [0.2, 0.25) is 0 Å². The molecule has 0 spiro atoms. The summed E-state index contributed by atoms with van der Waals surface area (Å²) in [7, 11) is 0. The van der Waals surface area contributed by atoms with Crippen LogP contribution in [-0.2, 0) is 9.59 Å². The maximum atomic E-state index is 12.5. The van der Waals surface area contributed by atoms with Crippen LogP contribution in [0.25, 0.3) is 0 Å². The summed E-state index contributed by atoms with van der Waals surface area (Å²) in [5.74, 6) is -0.210. The number of anilines is 2. The van der Waals surface area contributed by atoms with Gasteiger partial charge in [-0.1, -0.05) is 19.9 Å². The summed E-state index contributed by atoms with van der Waals surface area (Å²) in [5, 5.41) is 5.70. The molecule has 1 aromatic rings. The summed E-state index contributed by atoms with van der Waals surface area (Å²) in [6.45, 7) is 7.57. The van der Waals surface area contributed by atoms with E-state index in [4.69, 9.17) is 5.73 Å². The van der Waals surface area contributed by atoms with Crippen molar-refractivity contribution in [2.45, 2.75) is 40.5 Å². The predicted octanol–water partition coefficient (Wildman–Crippen LogP) is 3.08. The van der Waals surface area contributed by atoms with Gasteiger partial charge in [0, 0.05) is 24.8 Å². The summed E-state index contributed by atoms with van der Waals surface area (Å²) in [6.07, 6.45) is 1.38. The monoisotopic (exact) mass is 327 g/mol. The Labute approximate surface area is 138 Å². The third-order valence-corrected chi connectivity index (χ3v) is 4.12. The van der Waals surface area contributed by atoms with Crippen molar-refractivity contribution in [1.82, 2.24) is 0 Å². The molecule has 0 aliphatic heterocycles. The first-order valence-corrected chi connectivity index (χ1v) is 7.29. The molecule has 0 aliphatic carbocycles. The third kappa shape index (κ3) is 4.45. The number of nitrogens with two attached hydrogens (primary N) is 1. The molecule has 0 heterocycles. The number of amides is 2. The molecule has 0 atom stereocenters. The number of halogens is 1. The Morgan fingerprint density at radius 1 is 1.14 bits per heavy atom. The van der Waals surface area contributed by atoms with E-state index in [0.29, 0.717) is 30.8 Å². The van der Waals surface area contributed by atoms with Gasteiger partial charge in [0.25, 0.3) is 0 Å². The van der Waals surface area contributed by atoms with Crippen LogP contribution in [0.1, 0.15) is 39.2 Å². The maximum Gasteiger partial charge on any atom is 0.231 e. The lowest BCUT2D eigenvalue weighted by molar-refractivity contribution is -0.125. The fourth-order valence-corrected chi connectivity index (χ4v) is 2.30. The normalized spacial score (nSPS) is 10.6. The average molecular weight is 328 g/mol. The summed E-state index contributed by atoms with van der Waals surface area (Å²) in [4.78, 5) is 23.7. The minimum absolute atomic E-state index is 0. The van der Waals surface area contributed by atoms with Crippen molar-refractivity contribution < 1.29 is 9.59 Å². The van der Waals surface area contributed by atoms with Crippen molar-refractivity contribution >= 4 is 35.6 Å². The van der Waals surface area contributed by atoms with Gasteiger partial charge in [-0.3, -0.25) is 9.59 Å². The fraction of sp³-hybridized carbons (Fsp3) is 0.500. The lowest BCUT2D eigenvalue weighted by atomic mass is 9.81. The topological polar surface area (TPSA) is 84.2 Å². The second-order valence-electron chi connectivity index (χ2n) is 5.31. The largest absolute Gasteiger partial charge is 0.329 e. The minimum Gasteiger partial charge on any atom is -0.329 e. The molecule has 1 rings (SSSR count). The molecule has 0 saturated heterocycles. The van der Waals surface area contributed by atoms with Crippen LogP contribution >= 0.6 is 12.4 Å². The Bertz CT molecular complexity index is 520. The van der Waals surface area contributed by atoms with Gasteiger partial charge in [-0.15, -0.1) is 12.4 Å². The van der Waals surface area contributed by atoms with Crippen molar-refractivity contribution in [3.8, 4) is 0 Å². The molecule has 6 heteroatoms. The van der Waals surface area contributed by atoms with Crippen LogP contribution < -0.4 is 16.4 Å². The van der Waals surface area contributed by atoms with E-state index < -0.39 is 5.41 Å². The van der Waals surface area contributed by atoms with Crippen LogP contribution in [0.15, 0.2) is 18.2 Å². The second kappa shape index (κ2) is 8.76. The first kappa shape index (κ1) is 20.4. The van der Waals surface area contributed by atoms with Crippen molar-refractivity contribution in [1.29, 1.82) is 0 Å². The summed E-state index contributed by atoms with van der Waals surface area (Å²) in [6, 6.07) is 5.43. The highest BCUT2D eigenvalue weighted by atomic mass is 35.5. The Hall–Kier alpha value is -1.59. The molecular formula is C16H26ClN3O2. The average Bonchev–Trinajstić information content (AvgIpc) is 2.45. The Balaban J connectivity index is 0.00000441. The van der Waals surface area contributed by atoms with E-state index in [1.165, 1.54) is 6.92 Å². The molecule has 4 N–H and O–H groups in total. The molecule has 0 radical (unpaired) electrons. The first-order chi connectivity index (χ1) is 9.90. The predicted molar refractivity (Wildman–Crippen MR) is 93.4 cm³/mol. The number of hydrogen-bond acceptors (Lipinski definition) is 3. The van der Waals surface area contributed by atoms with E-state index in [-0.39, 0.29) is 24.2 Å². The molecule has 0 bridgehead atoms. The van der Waals surface area contributed by atoms with Gasteiger partial charge in [0.05, 0.1) is 5.41 Å². The molecule has 0 aliphatic rings. The number of carbonyl (C=O) groups excluding carboxylic acids is 2. The summed E-state index contributed by atoms with van der Waals surface area (Å²) >= 11 is 0. The Morgan fingerprint density at radius 2 is 1.64 bits per heavy atom. The summed E-state index contributed by atoms with van der Waals surface area (Å²) < 4.78 is 0. The maximum absolute atomic E-state index is 12.5. The zero-order chi connectivity index (χ0) is 16.0. The van der Waals surface area contributed by atoms with E-state index in [2.05, 4.69) is 10.6 Å². The lowest BCUT2D eigenvalue weighted by Crippen LogP contribution is -2.41. The molecule has 0 fully saturated rings. The van der Waals surface area contributed by atoms with Crippen LogP contribution in [-0.4, -0.2) is 18.4 Å². The fourth-order valence-electron chi connectivity index (χ4n) is 2.30. The minimum atomic E-state index is -0.545. The zero-order valence-corrected chi connectivity index (χ0v) is 14.5. The molecule has 5 nitrogen and oxygen atoms in total. The highest BCUT2D eigenvalue weighted by molar-refractivity contribution is 5.98. The van der Waals surface area contributed by atoms with Gasteiger partial charge in [0.2, 0.25) is 11.8 Å². The van der Waals surface area contributed by atoms with E-state index in [0.717, 1.165) is 5.56 Å². The van der Waals surface area contributed by atoms with Crippen LogP contribution in [0.4, 0.5) is 11.4 Å². The highest BCUT2D eigenvalue weighted by Gasteiger charge is 2.33. The SMILES string of the molecule is CCC(CC)(CN)C(=O)Nc1cccc(NC(C)=O)c1C.Cl. The quantitative estimate of drug-likeness (QED) is 0.750. The van der Waals surface area contributed by atoms with Gasteiger partial charge in [-0.05, 0) is 37.5 Å². The van der Waals surface area contributed by atoms with Gasteiger partial charge in [-0.2, -0.15) is 0 Å². The molecule has 124 valence electrons. The standard InChI is InChI=1S/C16H25N3O2.ClH/c1-5-16(6-2,10-17)15(21)19-14-9-7-8-13(11(14)3)18-12(4)20;/h7-9H,5-6,10,17H2,1-4H3,(H,18,20)(H,19,21);1H. The van der Waals surface area contributed by atoms with Gasteiger partial charge in [0.15, 0.2) is 0 Å². The van der Waals surface area contributed by atoms with E-state index in [1.54, 1.807) is 6.07 Å². The molecule has 0 saturated carbocycles. The zero-order valence-electron chi connectivity index (χ0n) is 13.7. The molecule has 22 heavy (non-hydrogen) atoms. The van der Waals surface area contributed by atoms with Gasteiger partial charge < -0.3 is 16.4 Å². The van der Waals surface area contributed by atoms with Crippen LogP contribution in [0.3, 0.4) is 0 Å².